The van der Waals surface area contributed by atoms with Crippen molar-refractivity contribution >= 4 is 29.1 Å². The molecular formula is C20H20ClN3O2. The molecule has 1 fully saturated rings. The summed E-state index contributed by atoms with van der Waals surface area (Å²) in [5, 5.41) is 0.721. The quantitative estimate of drug-likeness (QED) is 0.835. The number of carbonyl (C=O) groups excluding carboxylic acids is 2. The van der Waals surface area contributed by atoms with E-state index in [4.69, 9.17) is 11.6 Å². The first-order chi connectivity index (χ1) is 12.6. The number of piperazine rings is 1. The molecule has 6 heteroatoms. The lowest BCUT2D eigenvalue weighted by atomic mass is 10.1. The Hall–Kier alpha value is -2.53. The van der Waals surface area contributed by atoms with Gasteiger partial charge in [-0.05, 0) is 35.9 Å². The molecule has 0 aromatic heterocycles. The van der Waals surface area contributed by atoms with Crippen molar-refractivity contribution in [1.82, 2.24) is 9.80 Å². The van der Waals surface area contributed by atoms with Gasteiger partial charge < -0.3 is 14.7 Å². The lowest BCUT2D eigenvalue weighted by Gasteiger charge is -2.36. The highest BCUT2D eigenvalue weighted by Gasteiger charge is 2.30. The van der Waals surface area contributed by atoms with Gasteiger partial charge in [-0.2, -0.15) is 0 Å². The van der Waals surface area contributed by atoms with Crippen molar-refractivity contribution in [2.24, 2.45) is 0 Å². The van der Waals surface area contributed by atoms with Crippen LogP contribution in [-0.2, 0) is 11.3 Å². The average molecular weight is 370 g/mol. The predicted molar refractivity (Wildman–Crippen MR) is 101 cm³/mol. The summed E-state index contributed by atoms with van der Waals surface area (Å²) in [4.78, 5) is 30.8. The van der Waals surface area contributed by atoms with Crippen molar-refractivity contribution in [2.75, 3.05) is 37.6 Å². The second-order valence-corrected chi connectivity index (χ2v) is 7.10. The minimum absolute atomic E-state index is 0.0157. The van der Waals surface area contributed by atoms with Crippen LogP contribution >= 0.6 is 11.6 Å². The van der Waals surface area contributed by atoms with E-state index in [1.807, 2.05) is 53.4 Å². The van der Waals surface area contributed by atoms with Gasteiger partial charge >= 0.3 is 0 Å². The van der Waals surface area contributed by atoms with Crippen molar-refractivity contribution in [3.05, 3.63) is 64.7 Å². The Bertz CT molecular complexity index is 829. The Kier molecular flexibility index (Phi) is 4.55. The summed E-state index contributed by atoms with van der Waals surface area (Å²) >= 11 is 5.94. The van der Waals surface area contributed by atoms with Gasteiger partial charge in [-0.1, -0.05) is 29.8 Å². The molecule has 2 aromatic carbocycles. The molecule has 2 aliphatic rings. The van der Waals surface area contributed by atoms with Crippen LogP contribution in [0.1, 0.15) is 15.9 Å². The lowest BCUT2D eigenvalue weighted by molar-refractivity contribution is -0.132. The molecule has 0 radical (unpaired) electrons. The van der Waals surface area contributed by atoms with Gasteiger partial charge in [0, 0.05) is 49.0 Å². The number of rotatable bonds is 3. The molecule has 5 nitrogen and oxygen atoms in total. The molecule has 0 atom stereocenters. The molecule has 26 heavy (non-hydrogen) atoms. The Morgan fingerprint density at radius 2 is 1.65 bits per heavy atom. The number of fused-ring (bicyclic) bond motifs is 1. The number of amides is 2. The van der Waals surface area contributed by atoms with Crippen molar-refractivity contribution < 1.29 is 9.59 Å². The minimum atomic E-state index is -0.0475. The minimum Gasteiger partial charge on any atom is -0.368 e. The molecule has 2 heterocycles. The SMILES string of the molecule is O=C(CN1Cc2ccccc2C1=O)N1CCN(c2ccc(Cl)cc2)CC1. The van der Waals surface area contributed by atoms with E-state index >= 15 is 0 Å². The smallest absolute Gasteiger partial charge is 0.254 e. The van der Waals surface area contributed by atoms with Crippen LogP contribution in [-0.4, -0.2) is 54.3 Å². The number of anilines is 1. The van der Waals surface area contributed by atoms with Crippen LogP contribution in [0.5, 0.6) is 0 Å². The van der Waals surface area contributed by atoms with E-state index < -0.39 is 0 Å². The highest BCUT2D eigenvalue weighted by atomic mass is 35.5. The van der Waals surface area contributed by atoms with E-state index in [-0.39, 0.29) is 18.4 Å². The Morgan fingerprint density at radius 1 is 0.962 bits per heavy atom. The van der Waals surface area contributed by atoms with E-state index in [2.05, 4.69) is 4.90 Å². The summed E-state index contributed by atoms with van der Waals surface area (Å²) in [6.45, 7) is 3.55. The van der Waals surface area contributed by atoms with Crippen LogP contribution in [0.15, 0.2) is 48.5 Å². The standard InChI is InChI=1S/C20H20ClN3O2/c21-16-5-7-17(8-6-16)22-9-11-23(12-10-22)19(25)14-24-13-15-3-1-2-4-18(15)20(24)26/h1-8H,9-14H2. The van der Waals surface area contributed by atoms with Crippen LogP contribution in [0, 0.1) is 0 Å². The van der Waals surface area contributed by atoms with Gasteiger partial charge in [0.1, 0.15) is 6.54 Å². The third-order valence-electron chi connectivity index (χ3n) is 5.05. The number of nitrogens with zero attached hydrogens (tertiary/aromatic N) is 3. The van der Waals surface area contributed by atoms with Crippen LogP contribution in [0.4, 0.5) is 5.69 Å². The van der Waals surface area contributed by atoms with Crippen molar-refractivity contribution in [1.29, 1.82) is 0 Å². The van der Waals surface area contributed by atoms with Gasteiger partial charge in [0.15, 0.2) is 0 Å². The summed E-state index contributed by atoms with van der Waals surface area (Å²) < 4.78 is 0. The van der Waals surface area contributed by atoms with Crippen molar-refractivity contribution in [3.8, 4) is 0 Å². The first kappa shape index (κ1) is 16.9. The Balaban J connectivity index is 1.33. The molecular weight excluding hydrogens is 350 g/mol. The summed E-state index contributed by atoms with van der Waals surface area (Å²) in [6, 6.07) is 15.3. The number of hydrogen-bond donors (Lipinski definition) is 0. The van der Waals surface area contributed by atoms with Gasteiger partial charge in [-0.3, -0.25) is 9.59 Å². The molecule has 0 aliphatic carbocycles. The molecule has 2 aliphatic heterocycles. The number of benzene rings is 2. The summed E-state index contributed by atoms with van der Waals surface area (Å²) in [6.07, 6.45) is 0. The maximum Gasteiger partial charge on any atom is 0.254 e. The summed E-state index contributed by atoms with van der Waals surface area (Å²) in [5.74, 6) is -0.0318. The van der Waals surface area contributed by atoms with Crippen LogP contribution in [0.25, 0.3) is 0 Å². The fraction of sp³-hybridized carbons (Fsp3) is 0.300. The van der Waals surface area contributed by atoms with E-state index in [1.165, 1.54) is 0 Å². The van der Waals surface area contributed by atoms with E-state index in [1.54, 1.807) is 4.90 Å². The zero-order chi connectivity index (χ0) is 18.1. The second kappa shape index (κ2) is 7.00. The van der Waals surface area contributed by atoms with E-state index in [9.17, 15) is 9.59 Å². The third-order valence-corrected chi connectivity index (χ3v) is 5.30. The molecule has 0 bridgehead atoms. The van der Waals surface area contributed by atoms with Gasteiger partial charge in [-0.25, -0.2) is 0 Å². The maximum absolute atomic E-state index is 12.6. The van der Waals surface area contributed by atoms with Gasteiger partial charge in [0.25, 0.3) is 5.91 Å². The molecule has 1 saturated heterocycles. The molecule has 0 saturated carbocycles. The third kappa shape index (κ3) is 3.27. The summed E-state index contributed by atoms with van der Waals surface area (Å²) in [7, 11) is 0. The molecule has 4 rings (SSSR count). The highest BCUT2D eigenvalue weighted by Crippen LogP contribution is 2.23. The largest absolute Gasteiger partial charge is 0.368 e. The zero-order valence-electron chi connectivity index (χ0n) is 14.4. The van der Waals surface area contributed by atoms with E-state index in [0.29, 0.717) is 25.2 Å². The van der Waals surface area contributed by atoms with Crippen molar-refractivity contribution in [3.63, 3.8) is 0 Å². The second-order valence-electron chi connectivity index (χ2n) is 6.66. The number of carbonyl (C=O) groups is 2. The molecule has 134 valence electrons. The first-order valence-electron chi connectivity index (χ1n) is 8.77. The van der Waals surface area contributed by atoms with Crippen LogP contribution in [0.3, 0.4) is 0 Å². The summed E-state index contributed by atoms with van der Waals surface area (Å²) in [5.41, 5.74) is 2.83. The average Bonchev–Trinajstić information content (AvgIpc) is 2.98. The monoisotopic (exact) mass is 369 g/mol. The van der Waals surface area contributed by atoms with Crippen LogP contribution < -0.4 is 4.90 Å². The molecule has 0 spiro atoms. The maximum atomic E-state index is 12.6. The fourth-order valence-electron chi connectivity index (χ4n) is 3.57. The van der Waals surface area contributed by atoms with E-state index in [0.717, 1.165) is 29.4 Å². The fourth-order valence-corrected chi connectivity index (χ4v) is 3.70. The molecule has 2 aromatic rings. The van der Waals surface area contributed by atoms with Gasteiger partial charge in [0.2, 0.25) is 5.91 Å². The van der Waals surface area contributed by atoms with Gasteiger partial charge in [0.05, 0.1) is 0 Å². The first-order valence-corrected chi connectivity index (χ1v) is 9.15. The Morgan fingerprint density at radius 3 is 2.35 bits per heavy atom. The molecule has 0 N–H and O–H groups in total. The Labute approximate surface area is 157 Å². The molecule has 2 amide bonds. The van der Waals surface area contributed by atoms with Crippen molar-refractivity contribution in [2.45, 2.75) is 6.54 Å². The highest BCUT2D eigenvalue weighted by molar-refractivity contribution is 6.30. The topological polar surface area (TPSA) is 43.9 Å². The predicted octanol–water partition coefficient (Wildman–Crippen LogP) is 2.64. The number of hydrogen-bond acceptors (Lipinski definition) is 3. The van der Waals surface area contributed by atoms with Gasteiger partial charge in [-0.15, -0.1) is 0 Å². The molecule has 0 unspecified atom stereocenters. The normalized spacial score (nSPS) is 16.8. The zero-order valence-corrected chi connectivity index (χ0v) is 15.2. The number of halogens is 1. The van der Waals surface area contributed by atoms with Crippen LogP contribution in [0.2, 0.25) is 5.02 Å². The lowest BCUT2D eigenvalue weighted by Crippen LogP contribution is -2.51.